The average Bonchev–Trinajstić information content (AvgIpc) is 3.57. The van der Waals surface area contributed by atoms with Crippen molar-refractivity contribution in [3.05, 3.63) is 59.9 Å². The number of hydrogen-bond donors (Lipinski definition) is 0. The van der Waals surface area contributed by atoms with Crippen LogP contribution in [0.25, 0.3) is 11.1 Å². The second-order valence-electron chi connectivity index (χ2n) is 7.70. The molecule has 0 aliphatic carbocycles. The largest absolute Gasteiger partial charge is 0.447 e. The molecule has 176 valence electrons. The van der Waals surface area contributed by atoms with Gasteiger partial charge in [-0.25, -0.2) is 27.7 Å². The lowest BCUT2D eigenvalue weighted by Crippen LogP contribution is -2.26. The molecule has 0 spiro atoms. The number of aromatic nitrogens is 2. The van der Waals surface area contributed by atoms with Crippen LogP contribution in [0.3, 0.4) is 0 Å². The van der Waals surface area contributed by atoms with Crippen molar-refractivity contribution < 1.29 is 36.8 Å². The molecule has 34 heavy (non-hydrogen) atoms. The van der Waals surface area contributed by atoms with Gasteiger partial charge in [0.05, 0.1) is 30.0 Å². The fourth-order valence-corrected chi connectivity index (χ4v) is 3.88. The first kappa shape index (κ1) is 21.7. The van der Waals surface area contributed by atoms with Gasteiger partial charge in [-0.05, 0) is 25.0 Å². The normalized spacial score (nSPS) is 17.9. The molecule has 0 bridgehead atoms. The number of cyclic esters (lactones) is 2. The van der Waals surface area contributed by atoms with Crippen molar-refractivity contribution in [1.29, 1.82) is 0 Å². The molecule has 5 rings (SSSR count). The minimum absolute atomic E-state index is 0.0359. The SMILES string of the molecule is O=C1OCCN1c1ccc(-c2c(F)cc(N3C[C@H](CCc4ccon4)OC3=O)c(F)c2F)cn1. The Bertz CT molecular complexity index is 1240. The summed E-state index contributed by atoms with van der Waals surface area (Å²) in [4.78, 5) is 30.1. The molecule has 2 saturated heterocycles. The summed E-state index contributed by atoms with van der Waals surface area (Å²) < 4.78 is 59.6. The highest BCUT2D eigenvalue weighted by molar-refractivity contribution is 5.91. The van der Waals surface area contributed by atoms with E-state index in [4.69, 9.17) is 14.0 Å². The molecule has 1 aromatic carbocycles. The third-order valence-corrected chi connectivity index (χ3v) is 5.59. The van der Waals surface area contributed by atoms with E-state index < -0.39 is 47.0 Å². The summed E-state index contributed by atoms with van der Waals surface area (Å²) in [6.07, 6.45) is 1.28. The Labute approximate surface area is 190 Å². The van der Waals surface area contributed by atoms with E-state index in [2.05, 4.69) is 10.1 Å². The van der Waals surface area contributed by atoms with Gasteiger partial charge in [0.25, 0.3) is 0 Å². The molecule has 2 aliphatic heterocycles. The lowest BCUT2D eigenvalue weighted by Gasteiger charge is -2.17. The van der Waals surface area contributed by atoms with Gasteiger partial charge >= 0.3 is 12.2 Å². The minimum atomic E-state index is -1.47. The topological polar surface area (TPSA) is 98.0 Å². The van der Waals surface area contributed by atoms with E-state index in [0.717, 1.165) is 17.2 Å². The minimum Gasteiger partial charge on any atom is -0.447 e. The summed E-state index contributed by atoms with van der Waals surface area (Å²) in [5, 5.41) is 3.76. The van der Waals surface area contributed by atoms with Gasteiger partial charge in [-0.2, -0.15) is 0 Å². The third kappa shape index (κ3) is 3.91. The molecule has 2 amide bonds. The quantitative estimate of drug-likeness (QED) is 0.497. The van der Waals surface area contributed by atoms with Crippen molar-refractivity contribution >= 4 is 23.7 Å². The van der Waals surface area contributed by atoms with Crippen LogP contribution in [0.5, 0.6) is 0 Å². The van der Waals surface area contributed by atoms with Crippen molar-refractivity contribution in [2.45, 2.75) is 18.9 Å². The zero-order chi connectivity index (χ0) is 23.8. The summed E-state index contributed by atoms with van der Waals surface area (Å²) in [5.74, 6) is -3.70. The van der Waals surface area contributed by atoms with Crippen molar-refractivity contribution in [3.8, 4) is 11.1 Å². The van der Waals surface area contributed by atoms with Crippen molar-refractivity contribution in [2.24, 2.45) is 0 Å². The monoisotopic (exact) mass is 474 g/mol. The van der Waals surface area contributed by atoms with Gasteiger partial charge in [0.15, 0.2) is 11.6 Å². The first-order valence-corrected chi connectivity index (χ1v) is 10.4. The lowest BCUT2D eigenvalue weighted by molar-refractivity contribution is 0.136. The van der Waals surface area contributed by atoms with Crippen molar-refractivity contribution in [2.75, 3.05) is 29.5 Å². The van der Waals surface area contributed by atoms with Crippen LogP contribution in [0.4, 0.5) is 34.3 Å². The Morgan fingerprint density at radius 2 is 1.91 bits per heavy atom. The summed E-state index contributed by atoms with van der Waals surface area (Å²) in [6, 6.07) is 5.11. The first-order valence-electron chi connectivity index (χ1n) is 10.4. The molecule has 9 nitrogen and oxygen atoms in total. The van der Waals surface area contributed by atoms with Gasteiger partial charge in [0.1, 0.15) is 30.6 Å². The maximum atomic E-state index is 15.0. The van der Waals surface area contributed by atoms with Gasteiger partial charge in [-0.15, -0.1) is 0 Å². The molecule has 1 atom stereocenters. The number of pyridine rings is 1. The van der Waals surface area contributed by atoms with Crippen molar-refractivity contribution in [3.63, 3.8) is 0 Å². The summed E-state index contributed by atoms with van der Waals surface area (Å²) in [6.45, 7) is 0.426. The average molecular weight is 474 g/mol. The second kappa shape index (κ2) is 8.69. The van der Waals surface area contributed by atoms with E-state index >= 15 is 0 Å². The molecule has 3 aromatic rings. The van der Waals surface area contributed by atoms with E-state index in [0.29, 0.717) is 25.1 Å². The van der Waals surface area contributed by atoms with E-state index in [-0.39, 0.29) is 24.5 Å². The predicted octanol–water partition coefficient (Wildman–Crippen LogP) is 4.07. The molecule has 2 aliphatic rings. The predicted molar refractivity (Wildman–Crippen MR) is 111 cm³/mol. The first-order chi connectivity index (χ1) is 16.4. The summed E-state index contributed by atoms with van der Waals surface area (Å²) in [7, 11) is 0. The zero-order valence-corrected chi connectivity index (χ0v) is 17.5. The van der Waals surface area contributed by atoms with Crippen LogP contribution in [0, 0.1) is 17.5 Å². The molecule has 0 N–H and O–H groups in total. The van der Waals surface area contributed by atoms with Crippen LogP contribution in [-0.4, -0.2) is 48.1 Å². The zero-order valence-electron chi connectivity index (χ0n) is 17.5. The van der Waals surface area contributed by atoms with Crippen LogP contribution in [0.15, 0.2) is 41.2 Å². The highest BCUT2D eigenvalue weighted by Crippen LogP contribution is 2.35. The smallest absolute Gasteiger partial charge is 0.415 e. The fourth-order valence-electron chi connectivity index (χ4n) is 3.88. The Morgan fingerprint density at radius 3 is 2.59 bits per heavy atom. The van der Waals surface area contributed by atoms with Crippen LogP contribution in [0.1, 0.15) is 12.1 Å². The lowest BCUT2D eigenvalue weighted by atomic mass is 10.0. The number of carbonyl (C=O) groups excluding carboxylic acids is 2. The number of rotatable bonds is 6. The molecular weight excluding hydrogens is 457 g/mol. The number of halogens is 3. The van der Waals surface area contributed by atoms with Crippen molar-refractivity contribution in [1.82, 2.24) is 10.1 Å². The number of anilines is 2. The van der Waals surface area contributed by atoms with Gasteiger partial charge in [0, 0.05) is 23.9 Å². The standard InChI is InChI=1S/C22H17F3N4O5/c23-15-9-16(29-11-14(34-22(29)31)3-2-13-5-7-33-27-13)19(24)20(25)18(15)12-1-4-17(26-10-12)28-6-8-32-21(28)30/h1,4-5,7,9-10,14H,2-3,6,8,11H2/t14-/m0/s1. The number of aryl methyl sites for hydroxylation is 1. The molecule has 2 aromatic heterocycles. The van der Waals surface area contributed by atoms with Gasteiger partial charge < -0.3 is 14.0 Å². The highest BCUT2D eigenvalue weighted by Gasteiger charge is 2.36. The van der Waals surface area contributed by atoms with Gasteiger partial charge in [-0.1, -0.05) is 5.16 Å². The Kier molecular flexibility index (Phi) is 5.56. The molecule has 0 radical (unpaired) electrons. The van der Waals surface area contributed by atoms with E-state index in [9.17, 15) is 22.8 Å². The van der Waals surface area contributed by atoms with Crippen LogP contribution < -0.4 is 9.80 Å². The van der Waals surface area contributed by atoms with Crippen LogP contribution in [0.2, 0.25) is 0 Å². The number of carbonyl (C=O) groups is 2. The molecule has 2 fully saturated rings. The van der Waals surface area contributed by atoms with Crippen LogP contribution >= 0.6 is 0 Å². The Hall–Kier alpha value is -4.09. The van der Waals surface area contributed by atoms with E-state index in [1.54, 1.807) is 6.07 Å². The van der Waals surface area contributed by atoms with E-state index in [1.165, 1.54) is 23.3 Å². The Morgan fingerprint density at radius 1 is 1.06 bits per heavy atom. The molecule has 12 heteroatoms. The maximum Gasteiger partial charge on any atom is 0.415 e. The molecule has 0 saturated carbocycles. The number of amides is 2. The summed E-state index contributed by atoms with van der Waals surface area (Å²) in [5.41, 5.74) is -0.578. The number of nitrogens with zero attached hydrogens (tertiary/aromatic N) is 4. The van der Waals surface area contributed by atoms with Crippen LogP contribution in [-0.2, 0) is 15.9 Å². The number of hydrogen-bond acceptors (Lipinski definition) is 7. The highest BCUT2D eigenvalue weighted by atomic mass is 19.2. The van der Waals surface area contributed by atoms with Gasteiger partial charge in [-0.3, -0.25) is 9.80 Å². The number of ether oxygens (including phenoxy) is 2. The molecule has 0 unspecified atom stereocenters. The maximum absolute atomic E-state index is 15.0. The third-order valence-electron chi connectivity index (χ3n) is 5.59. The molecule has 4 heterocycles. The summed E-state index contributed by atoms with van der Waals surface area (Å²) >= 11 is 0. The Balaban J connectivity index is 1.37. The fraction of sp³-hybridized carbons (Fsp3) is 0.273. The van der Waals surface area contributed by atoms with E-state index in [1.807, 2.05) is 0 Å². The second-order valence-corrected chi connectivity index (χ2v) is 7.70. The molecular formula is C22H17F3N4O5. The number of benzene rings is 1. The van der Waals surface area contributed by atoms with Gasteiger partial charge in [0.2, 0.25) is 0 Å².